The zero-order valence-electron chi connectivity index (χ0n) is 6.26. The number of hydrogen-bond acceptors (Lipinski definition) is 2. The largest absolute Gasteiger partial charge is 0.235 e. The lowest BCUT2D eigenvalue weighted by Gasteiger charge is -1.99. The fourth-order valence-electron chi connectivity index (χ4n) is 1.01. The molecule has 2 aromatic heterocycles. The van der Waals surface area contributed by atoms with Crippen LogP contribution in [0.15, 0.2) is 22.8 Å². The van der Waals surface area contributed by atoms with E-state index in [-0.39, 0.29) is 0 Å². The van der Waals surface area contributed by atoms with Gasteiger partial charge in [-0.3, -0.25) is 0 Å². The van der Waals surface area contributed by atoms with E-state index in [2.05, 4.69) is 25.9 Å². The summed E-state index contributed by atoms with van der Waals surface area (Å²) >= 11 is 15.0. The predicted molar refractivity (Wildman–Crippen MR) is 57.3 cm³/mol. The Morgan fingerprint density at radius 3 is 2.77 bits per heavy atom. The monoisotopic (exact) mass is 276 g/mol. The van der Waals surface area contributed by atoms with Gasteiger partial charge >= 0.3 is 0 Å². The fourth-order valence-corrected chi connectivity index (χ4v) is 1.83. The van der Waals surface area contributed by atoms with Gasteiger partial charge in [0.25, 0.3) is 0 Å². The molecule has 2 heterocycles. The number of hydrogen-bond donors (Lipinski definition) is 0. The zero-order valence-corrected chi connectivity index (χ0v) is 9.36. The van der Waals surface area contributed by atoms with Crippen LogP contribution >= 0.6 is 39.1 Å². The Labute approximate surface area is 93.0 Å². The first kappa shape index (κ1) is 9.19. The average molecular weight is 278 g/mol. The highest BCUT2D eigenvalue weighted by molar-refractivity contribution is 9.10. The molecule has 0 aromatic carbocycles. The molecule has 13 heavy (non-hydrogen) atoms. The average Bonchev–Trinajstić information content (AvgIpc) is 2.06. The maximum atomic E-state index is 5.95. The van der Waals surface area contributed by atoms with Crippen molar-refractivity contribution in [2.45, 2.75) is 0 Å². The molecule has 0 saturated carbocycles. The minimum absolute atomic E-state index is 0.354. The second-order valence-corrected chi connectivity index (χ2v) is 4.16. The van der Waals surface area contributed by atoms with Crippen LogP contribution in [0.1, 0.15) is 0 Å². The van der Waals surface area contributed by atoms with Gasteiger partial charge in [-0.2, -0.15) is 0 Å². The van der Waals surface area contributed by atoms with E-state index in [1.165, 1.54) is 0 Å². The third kappa shape index (κ3) is 1.77. The van der Waals surface area contributed by atoms with Crippen LogP contribution in [0.3, 0.4) is 0 Å². The second kappa shape index (κ2) is 3.40. The zero-order chi connectivity index (χ0) is 9.42. The highest BCUT2D eigenvalue weighted by Crippen LogP contribution is 2.25. The number of halogens is 3. The lowest BCUT2D eigenvalue weighted by Crippen LogP contribution is -1.85. The van der Waals surface area contributed by atoms with Crippen molar-refractivity contribution in [1.29, 1.82) is 0 Å². The van der Waals surface area contributed by atoms with Crippen LogP contribution in [0, 0.1) is 0 Å². The van der Waals surface area contributed by atoms with Gasteiger partial charge in [-0.15, -0.1) is 0 Å². The van der Waals surface area contributed by atoms with Crippen LogP contribution in [0.2, 0.25) is 10.2 Å². The maximum absolute atomic E-state index is 5.95. The van der Waals surface area contributed by atoms with Crippen molar-refractivity contribution in [3.8, 4) is 0 Å². The molecule has 2 rings (SSSR count). The summed E-state index contributed by atoms with van der Waals surface area (Å²) in [5.41, 5.74) is 0.556. The molecular formula is C8H3BrCl2N2. The smallest absolute Gasteiger partial charge is 0.162 e. The minimum Gasteiger partial charge on any atom is -0.235 e. The van der Waals surface area contributed by atoms with E-state index < -0.39 is 0 Å². The molecule has 0 radical (unpaired) electrons. The summed E-state index contributed by atoms with van der Waals surface area (Å²) < 4.78 is 0.867. The molecule has 5 heteroatoms. The number of rotatable bonds is 0. The van der Waals surface area contributed by atoms with Crippen LogP contribution in [-0.4, -0.2) is 9.97 Å². The Morgan fingerprint density at radius 1 is 1.23 bits per heavy atom. The third-order valence-electron chi connectivity index (χ3n) is 1.55. The SMILES string of the molecule is Clc1cc(Cl)c2cc(Br)cnc2n1. The molecule has 0 bridgehead atoms. The second-order valence-electron chi connectivity index (χ2n) is 2.45. The summed E-state index contributed by atoms with van der Waals surface area (Å²) in [7, 11) is 0. The van der Waals surface area contributed by atoms with Gasteiger partial charge in [0.1, 0.15) is 5.15 Å². The maximum Gasteiger partial charge on any atom is 0.162 e. The fraction of sp³-hybridized carbons (Fsp3) is 0. The summed E-state index contributed by atoms with van der Waals surface area (Å²) in [6.45, 7) is 0. The summed E-state index contributed by atoms with van der Waals surface area (Å²) in [5.74, 6) is 0. The van der Waals surface area contributed by atoms with Crippen molar-refractivity contribution in [2.24, 2.45) is 0 Å². The molecule has 2 aromatic rings. The van der Waals surface area contributed by atoms with Crippen LogP contribution in [-0.2, 0) is 0 Å². The van der Waals surface area contributed by atoms with E-state index in [9.17, 15) is 0 Å². The first-order chi connectivity index (χ1) is 6.16. The molecule has 0 aliphatic carbocycles. The quantitative estimate of drug-likeness (QED) is 0.686. The Morgan fingerprint density at radius 2 is 2.00 bits per heavy atom. The van der Waals surface area contributed by atoms with E-state index in [0.717, 1.165) is 9.86 Å². The van der Waals surface area contributed by atoms with Crippen molar-refractivity contribution >= 4 is 50.2 Å². The molecule has 0 aliphatic heterocycles. The van der Waals surface area contributed by atoms with Crippen molar-refractivity contribution < 1.29 is 0 Å². The minimum atomic E-state index is 0.354. The molecule has 66 valence electrons. The number of fused-ring (bicyclic) bond motifs is 1. The summed E-state index contributed by atoms with van der Waals surface area (Å²) in [6.07, 6.45) is 1.65. The number of aromatic nitrogens is 2. The Hall–Kier alpha value is -0.380. The van der Waals surface area contributed by atoms with E-state index in [1.807, 2.05) is 6.07 Å². The molecule has 0 amide bonds. The Balaban J connectivity index is 2.87. The topological polar surface area (TPSA) is 25.8 Å². The number of nitrogens with zero attached hydrogens (tertiary/aromatic N) is 2. The van der Waals surface area contributed by atoms with Gasteiger partial charge in [0.15, 0.2) is 5.65 Å². The van der Waals surface area contributed by atoms with Crippen molar-refractivity contribution in [2.75, 3.05) is 0 Å². The van der Waals surface area contributed by atoms with Gasteiger partial charge in [0, 0.05) is 16.1 Å². The predicted octanol–water partition coefficient (Wildman–Crippen LogP) is 3.70. The number of pyridine rings is 2. The van der Waals surface area contributed by atoms with Gasteiger partial charge in [0.2, 0.25) is 0 Å². The first-order valence-corrected chi connectivity index (χ1v) is 4.99. The first-order valence-electron chi connectivity index (χ1n) is 3.44. The normalized spacial score (nSPS) is 10.7. The van der Waals surface area contributed by atoms with E-state index >= 15 is 0 Å². The molecular weight excluding hydrogens is 275 g/mol. The van der Waals surface area contributed by atoms with Gasteiger partial charge in [-0.1, -0.05) is 23.2 Å². The molecule has 0 atom stereocenters. The van der Waals surface area contributed by atoms with E-state index in [4.69, 9.17) is 23.2 Å². The summed E-state index contributed by atoms with van der Waals surface area (Å²) in [5, 5.41) is 1.71. The van der Waals surface area contributed by atoms with Crippen molar-refractivity contribution in [1.82, 2.24) is 9.97 Å². The van der Waals surface area contributed by atoms with Gasteiger partial charge in [-0.25, -0.2) is 9.97 Å². The van der Waals surface area contributed by atoms with E-state index in [0.29, 0.717) is 15.8 Å². The molecule has 0 aliphatic rings. The van der Waals surface area contributed by atoms with Crippen LogP contribution in [0.4, 0.5) is 0 Å². The lowest BCUT2D eigenvalue weighted by molar-refractivity contribution is 1.28. The van der Waals surface area contributed by atoms with Crippen molar-refractivity contribution in [3.63, 3.8) is 0 Å². The Bertz CT molecular complexity index is 473. The van der Waals surface area contributed by atoms with E-state index in [1.54, 1.807) is 12.3 Å². The van der Waals surface area contributed by atoms with Crippen molar-refractivity contribution in [3.05, 3.63) is 33.0 Å². The molecule has 0 fully saturated rings. The third-order valence-corrected chi connectivity index (χ3v) is 2.49. The standard InChI is InChI=1S/C8H3BrCl2N2/c9-4-1-5-6(10)2-7(11)13-8(5)12-3-4/h1-3H. The van der Waals surface area contributed by atoms with Crippen LogP contribution < -0.4 is 0 Å². The summed E-state index contributed by atoms with van der Waals surface area (Å²) in [4.78, 5) is 8.10. The van der Waals surface area contributed by atoms with Gasteiger partial charge < -0.3 is 0 Å². The summed E-state index contributed by atoms with van der Waals surface area (Å²) in [6, 6.07) is 3.45. The molecule has 0 N–H and O–H groups in total. The van der Waals surface area contributed by atoms with Gasteiger partial charge in [0.05, 0.1) is 5.02 Å². The van der Waals surface area contributed by atoms with Crippen LogP contribution in [0.25, 0.3) is 11.0 Å². The highest BCUT2D eigenvalue weighted by atomic mass is 79.9. The highest BCUT2D eigenvalue weighted by Gasteiger charge is 2.03. The van der Waals surface area contributed by atoms with Crippen LogP contribution in [0.5, 0.6) is 0 Å². The molecule has 0 saturated heterocycles. The lowest BCUT2D eigenvalue weighted by atomic mass is 10.3. The molecule has 2 nitrogen and oxygen atoms in total. The molecule has 0 spiro atoms. The molecule has 0 unspecified atom stereocenters. The Kier molecular flexibility index (Phi) is 2.41. The van der Waals surface area contributed by atoms with Gasteiger partial charge in [-0.05, 0) is 28.1 Å².